The summed E-state index contributed by atoms with van der Waals surface area (Å²) in [5.41, 5.74) is 7.21. The molecule has 2 unspecified atom stereocenters. The highest BCUT2D eigenvalue weighted by atomic mass is 31.2. The molecule has 1 heterocycles. The number of hydrogen-bond acceptors (Lipinski definition) is 3. The molecule has 4 N–H and O–H groups in total. The van der Waals surface area contributed by atoms with Crippen LogP contribution in [0.15, 0.2) is 24.3 Å². The molecule has 0 aromatic heterocycles. The maximum atomic E-state index is 12.2. The summed E-state index contributed by atoms with van der Waals surface area (Å²) in [7, 11) is -3.65. The smallest absolute Gasteiger partial charge is 0.319 e. The van der Waals surface area contributed by atoms with Gasteiger partial charge in [0.05, 0.1) is 0 Å². The molecule has 0 bridgehead atoms. The zero-order valence-corrected chi connectivity index (χ0v) is 11.5. The maximum absolute atomic E-state index is 12.2. The van der Waals surface area contributed by atoms with Gasteiger partial charge in [-0.1, -0.05) is 24.3 Å². The number of carboxylic acid groups (broad SMARTS) is 1. The van der Waals surface area contributed by atoms with Crippen molar-refractivity contribution in [2.75, 3.05) is 6.16 Å². The van der Waals surface area contributed by atoms with Crippen molar-refractivity contribution < 1.29 is 19.4 Å². The maximum Gasteiger partial charge on any atom is 0.319 e. The van der Waals surface area contributed by atoms with Gasteiger partial charge in [-0.15, -0.1) is 0 Å². The second kappa shape index (κ2) is 5.08. The van der Waals surface area contributed by atoms with Gasteiger partial charge in [-0.3, -0.25) is 9.36 Å². The monoisotopic (exact) mass is 283 g/mol. The fraction of sp³-hybridized carbons (Fsp3) is 0.462. The van der Waals surface area contributed by atoms with Crippen LogP contribution in [0, 0.1) is 0 Å². The van der Waals surface area contributed by atoms with Crippen LogP contribution in [0.2, 0.25) is 0 Å². The minimum absolute atomic E-state index is 0.0974. The van der Waals surface area contributed by atoms with Crippen LogP contribution in [0.4, 0.5) is 0 Å². The van der Waals surface area contributed by atoms with E-state index in [2.05, 4.69) is 0 Å². The van der Waals surface area contributed by atoms with Gasteiger partial charge in [-0.2, -0.15) is 0 Å². The average Bonchev–Trinajstić information content (AvgIpc) is 2.67. The zero-order chi connectivity index (χ0) is 14.1. The highest BCUT2D eigenvalue weighted by Crippen LogP contribution is 2.63. The molecule has 104 valence electrons. The minimum Gasteiger partial charge on any atom is -0.480 e. The van der Waals surface area contributed by atoms with Gasteiger partial charge in [0, 0.05) is 12.7 Å². The third-order valence-corrected chi connectivity index (χ3v) is 6.71. The molecule has 1 aliphatic heterocycles. The number of rotatable bonds is 4. The molecule has 1 aliphatic rings. The van der Waals surface area contributed by atoms with E-state index in [1.54, 1.807) is 12.1 Å². The minimum atomic E-state index is -3.65. The molecule has 2 atom stereocenters. The SMILES string of the molecule is NCc1ccc(CC2(C(=O)O)CCCP2(=O)O)cc1. The molecule has 0 aliphatic carbocycles. The largest absolute Gasteiger partial charge is 0.480 e. The summed E-state index contributed by atoms with van der Waals surface area (Å²) in [5, 5.41) is 7.89. The molecular formula is C13H18NO4P. The molecular weight excluding hydrogens is 265 g/mol. The van der Waals surface area contributed by atoms with Gasteiger partial charge in [0.15, 0.2) is 0 Å². The molecule has 0 radical (unpaired) electrons. The van der Waals surface area contributed by atoms with Crippen molar-refractivity contribution >= 4 is 13.3 Å². The van der Waals surface area contributed by atoms with Crippen molar-refractivity contribution in [2.24, 2.45) is 5.73 Å². The van der Waals surface area contributed by atoms with Crippen LogP contribution in [0.1, 0.15) is 24.0 Å². The standard InChI is InChI=1S/C13H18NO4P/c14-9-11-4-2-10(3-5-11)8-13(12(15)16)6-1-7-19(13,17)18/h2-5H,1,6-9,14H2,(H,15,16)(H,17,18). The summed E-state index contributed by atoms with van der Waals surface area (Å²) in [4.78, 5) is 21.5. The molecule has 0 spiro atoms. The number of aliphatic carboxylic acids is 1. The molecule has 5 nitrogen and oxygen atoms in total. The lowest BCUT2D eigenvalue weighted by atomic mass is 9.94. The van der Waals surface area contributed by atoms with Gasteiger partial charge in [0.2, 0.25) is 7.37 Å². The summed E-state index contributed by atoms with van der Waals surface area (Å²) in [6.45, 7) is 0.419. The lowest BCUT2D eigenvalue weighted by molar-refractivity contribution is -0.140. The summed E-state index contributed by atoms with van der Waals surface area (Å²) < 4.78 is 12.2. The quantitative estimate of drug-likeness (QED) is 0.728. The van der Waals surface area contributed by atoms with E-state index in [0.717, 1.165) is 11.1 Å². The van der Waals surface area contributed by atoms with E-state index in [4.69, 9.17) is 5.73 Å². The van der Waals surface area contributed by atoms with Crippen molar-refractivity contribution in [2.45, 2.75) is 31.0 Å². The second-order valence-electron chi connectivity index (χ2n) is 5.06. The number of hydrogen-bond donors (Lipinski definition) is 3. The van der Waals surface area contributed by atoms with E-state index in [1.807, 2.05) is 12.1 Å². The van der Waals surface area contributed by atoms with Crippen molar-refractivity contribution in [1.29, 1.82) is 0 Å². The van der Waals surface area contributed by atoms with E-state index in [1.165, 1.54) is 0 Å². The molecule has 1 aromatic carbocycles. The lowest BCUT2D eigenvalue weighted by Crippen LogP contribution is -2.38. The first-order valence-corrected chi connectivity index (χ1v) is 8.09. The first kappa shape index (κ1) is 14.3. The van der Waals surface area contributed by atoms with Crippen LogP contribution >= 0.6 is 7.37 Å². The predicted octanol–water partition coefficient (Wildman–Crippen LogP) is 1.58. The molecule has 1 aromatic rings. The van der Waals surface area contributed by atoms with Gasteiger partial charge in [-0.05, 0) is 30.4 Å². The third kappa shape index (κ3) is 2.46. The number of nitrogens with two attached hydrogens (primary N) is 1. The molecule has 19 heavy (non-hydrogen) atoms. The lowest BCUT2D eigenvalue weighted by Gasteiger charge is -2.27. The van der Waals surface area contributed by atoms with Crippen molar-refractivity contribution in [3.05, 3.63) is 35.4 Å². The Balaban J connectivity index is 2.31. The van der Waals surface area contributed by atoms with Gasteiger partial charge >= 0.3 is 5.97 Å². The van der Waals surface area contributed by atoms with Crippen LogP contribution in [-0.2, 0) is 22.3 Å². The van der Waals surface area contributed by atoms with Crippen LogP contribution in [0.3, 0.4) is 0 Å². The highest BCUT2D eigenvalue weighted by Gasteiger charge is 2.56. The number of benzene rings is 1. The Labute approximate surface area is 111 Å². The fourth-order valence-electron chi connectivity index (χ4n) is 2.65. The Morgan fingerprint density at radius 2 is 1.89 bits per heavy atom. The number of carbonyl (C=O) groups is 1. The highest BCUT2D eigenvalue weighted by molar-refractivity contribution is 7.61. The average molecular weight is 283 g/mol. The molecule has 2 rings (SSSR count). The second-order valence-corrected chi connectivity index (χ2v) is 7.77. The summed E-state index contributed by atoms with van der Waals surface area (Å²) in [5.74, 6) is -1.17. The fourth-order valence-corrected chi connectivity index (χ4v) is 4.90. The summed E-state index contributed by atoms with van der Waals surface area (Å²) in [6, 6.07) is 7.21. The van der Waals surface area contributed by atoms with E-state index < -0.39 is 18.5 Å². The van der Waals surface area contributed by atoms with E-state index in [9.17, 15) is 19.4 Å². The van der Waals surface area contributed by atoms with Gasteiger partial charge < -0.3 is 15.7 Å². The van der Waals surface area contributed by atoms with Gasteiger partial charge in [0.1, 0.15) is 5.16 Å². The molecule has 1 fully saturated rings. The topological polar surface area (TPSA) is 101 Å². The van der Waals surface area contributed by atoms with Crippen molar-refractivity contribution in [1.82, 2.24) is 0 Å². The first-order chi connectivity index (χ1) is 8.91. The Morgan fingerprint density at radius 1 is 1.32 bits per heavy atom. The van der Waals surface area contributed by atoms with E-state index in [0.29, 0.717) is 13.0 Å². The Morgan fingerprint density at radius 3 is 2.32 bits per heavy atom. The summed E-state index contributed by atoms with van der Waals surface area (Å²) >= 11 is 0. The third-order valence-electron chi connectivity index (χ3n) is 3.87. The molecule has 6 heteroatoms. The molecule has 0 amide bonds. The summed E-state index contributed by atoms with van der Waals surface area (Å²) in [6.07, 6.45) is 0.941. The van der Waals surface area contributed by atoms with Crippen LogP contribution in [-0.4, -0.2) is 27.3 Å². The molecule has 1 saturated heterocycles. The van der Waals surface area contributed by atoms with E-state index in [-0.39, 0.29) is 19.0 Å². The Kier molecular flexibility index (Phi) is 3.81. The van der Waals surface area contributed by atoms with Crippen LogP contribution in [0.5, 0.6) is 0 Å². The zero-order valence-electron chi connectivity index (χ0n) is 10.6. The predicted molar refractivity (Wildman–Crippen MR) is 72.3 cm³/mol. The molecule has 0 saturated carbocycles. The van der Waals surface area contributed by atoms with Gasteiger partial charge in [0.25, 0.3) is 0 Å². The number of carboxylic acids is 1. The normalized spacial score (nSPS) is 30.4. The van der Waals surface area contributed by atoms with Gasteiger partial charge in [-0.25, -0.2) is 0 Å². The van der Waals surface area contributed by atoms with Crippen LogP contribution < -0.4 is 5.73 Å². The van der Waals surface area contributed by atoms with Crippen molar-refractivity contribution in [3.8, 4) is 0 Å². The Bertz CT molecular complexity index is 528. The van der Waals surface area contributed by atoms with Crippen molar-refractivity contribution in [3.63, 3.8) is 0 Å². The van der Waals surface area contributed by atoms with Crippen LogP contribution in [0.25, 0.3) is 0 Å². The van der Waals surface area contributed by atoms with E-state index >= 15 is 0 Å². The first-order valence-electron chi connectivity index (χ1n) is 6.24. The Hall–Kier alpha value is -1.16.